The fourth-order valence-electron chi connectivity index (χ4n) is 2.18. The second kappa shape index (κ2) is 9.82. The number of para-hydroxylation sites is 1. The molecule has 3 aromatic rings. The van der Waals surface area contributed by atoms with Gasteiger partial charge < -0.3 is 5.11 Å². The van der Waals surface area contributed by atoms with Gasteiger partial charge in [-0.15, -0.1) is 35.9 Å². The van der Waals surface area contributed by atoms with E-state index >= 15 is 0 Å². The van der Waals surface area contributed by atoms with Crippen molar-refractivity contribution in [1.29, 1.82) is 0 Å². The molecule has 1 N–H and O–H groups in total. The van der Waals surface area contributed by atoms with Crippen molar-refractivity contribution >= 4 is 16.7 Å². The standard InChI is InChI=1S/C15H11N2.C5H8O2.Ir/c1-11-13-9-5-6-10-14(13)17-15(16-11)12-7-3-2-4-8-12;1-4(6)3-5(2)7;/h2-7,9-10H,1H3;3,6H,1-2H3;/q-1;;/b;4-3-;. The van der Waals surface area contributed by atoms with Gasteiger partial charge in [-0.3, -0.25) is 14.8 Å². The number of hydrogen-bond acceptors (Lipinski definition) is 4. The van der Waals surface area contributed by atoms with Gasteiger partial charge in [0.15, 0.2) is 5.78 Å². The minimum atomic E-state index is -0.125. The average molecular weight is 512 g/mol. The van der Waals surface area contributed by atoms with Crippen LogP contribution in [0.15, 0.2) is 60.4 Å². The van der Waals surface area contributed by atoms with Gasteiger partial charge in [-0.2, -0.15) is 0 Å². The van der Waals surface area contributed by atoms with Gasteiger partial charge in [-0.05, 0) is 26.8 Å². The van der Waals surface area contributed by atoms with Gasteiger partial charge in [0.2, 0.25) is 0 Å². The van der Waals surface area contributed by atoms with Gasteiger partial charge in [0.25, 0.3) is 0 Å². The SMILES string of the molecule is CC(=O)/C=C(/C)O.Cc1nc(-c2[c-]cccc2)nc2ccccc12.[Ir]. The van der Waals surface area contributed by atoms with E-state index in [-0.39, 0.29) is 31.6 Å². The first-order chi connectivity index (χ1) is 11.5. The Morgan fingerprint density at radius 2 is 1.76 bits per heavy atom. The van der Waals surface area contributed by atoms with Gasteiger partial charge in [-0.25, -0.2) is 0 Å². The second-order valence-corrected chi connectivity index (χ2v) is 5.32. The number of aromatic nitrogens is 2. The Hall–Kier alpha value is -2.36. The van der Waals surface area contributed by atoms with Crippen molar-refractivity contribution in [3.05, 3.63) is 72.1 Å². The number of benzene rings is 2. The van der Waals surface area contributed by atoms with Crippen molar-refractivity contribution in [3.8, 4) is 11.4 Å². The van der Waals surface area contributed by atoms with E-state index in [2.05, 4.69) is 16.0 Å². The molecule has 0 saturated carbocycles. The van der Waals surface area contributed by atoms with Crippen LogP contribution in [0.25, 0.3) is 22.3 Å². The summed E-state index contributed by atoms with van der Waals surface area (Å²) in [7, 11) is 0. The number of carbonyl (C=O) groups excluding carboxylic acids is 1. The van der Waals surface area contributed by atoms with E-state index in [1.54, 1.807) is 0 Å². The third kappa shape index (κ3) is 6.22. The second-order valence-electron chi connectivity index (χ2n) is 5.32. The van der Waals surface area contributed by atoms with E-state index in [4.69, 9.17) is 5.11 Å². The van der Waals surface area contributed by atoms with Crippen LogP contribution in [0.3, 0.4) is 0 Å². The number of carbonyl (C=O) groups is 1. The number of aliphatic hydroxyl groups excluding tert-OH is 1. The van der Waals surface area contributed by atoms with Crippen molar-refractivity contribution < 1.29 is 30.0 Å². The van der Waals surface area contributed by atoms with Crippen LogP contribution in [-0.4, -0.2) is 20.9 Å². The van der Waals surface area contributed by atoms with E-state index in [1.165, 1.54) is 19.9 Å². The Kier molecular flexibility index (Phi) is 8.12. The average Bonchev–Trinajstić information content (AvgIpc) is 2.55. The summed E-state index contributed by atoms with van der Waals surface area (Å²) in [6.07, 6.45) is 1.17. The number of aliphatic hydroxyl groups is 1. The van der Waals surface area contributed by atoms with Crippen LogP contribution in [0.5, 0.6) is 0 Å². The summed E-state index contributed by atoms with van der Waals surface area (Å²) in [5, 5.41) is 9.47. The van der Waals surface area contributed by atoms with E-state index < -0.39 is 0 Å². The van der Waals surface area contributed by atoms with Crippen molar-refractivity contribution in [1.82, 2.24) is 9.97 Å². The number of hydrogen-bond donors (Lipinski definition) is 1. The van der Waals surface area contributed by atoms with Crippen LogP contribution < -0.4 is 0 Å². The van der Waals surface area contributed by atoms with Crippen LogP contribution in [0, 0.1) is 13.0 Å². The third-order valence-electron chi connectivity index (χ3n) is 3.16. The molecule has 0 aliphatic carbocycles. The quantitative estimate of drug-likeness (QED) is 0.314. The predicted octanol–water partition coefficient (Wildman–Crippen LogP) is 4.44. The molecular formula is C20H19IrN2O2-. The van der Waals surface area contributed by atoms with Crippen molar-refractivity contribution in [2.45, 2.75) is 20.8 Å². The zero-order valence-electron chi connectivity index (χ0n) is 14.3. The van der Waals surface area contributed by atoms with Crippen molar-refractivity contribution in [2.24, 2.45) is 0 Å². The van der Waals surface area contributed by atoms with Gasteiger partial charge in [0, 0.05) is 37.3 Å². The van der Waals surface area contributed by atoms with Crippen LogP contribution in [0.4, 0.5) is 0 Å². The molecule has 0 unspecified atom stereocenters. The minimum Gasteiger partial charge on any atom is -0.512 e. The maximum absolute atomic E-state index is 10.0. The molecule has 0 spiro atoms. The smallest absolute Gasteiger partial charge is 0.155 e. The predicted molar refractivity (Wildman–Crippen MR) is 95.6 cm³/mol. The number of fused-ring (bicyclic) bond motifs is 1. The number of nitrogens with zero attached hydrogens (tertiary/aromatic N) is 2. The molecular weight excluding hydrogens is 492 g/mol. The molecule has 0 bridgehead atoms. The van der Waals surface area contributed by atoms with Gasteiger partial charge in [0.1, 0.15) is 0 Å². The molecule has 25 heavy (non-hydrogen) atoms. The molecule has 2 aromatic carbocycles. The first kappa shape index (κ1) is 20.7. The van der Waals surface area contributed by atoms with Gasteiger partial charge in [-0.1, -0.05) is 18.2 Å². The summed E-state index contributed by atoms with van der Waals surface area (Å²) in [4.78, 5) is 19.1. The fraction of sp³-hybridized carbons (Fsp3) is 0.150. The van der Waals surface area contributed by atoms with Gasteiger partial charge in [0.05, 0.1) is 17.1 Å². The molecule has 0 aliphatic rings. The number of ketones is 1. The summed E-state index contributed by atoms with van der Waals surface area (Å²) in [5.41, 5.74) is 2.91. The Morgan fingerprint density at radius 3 is 2.32 bits per heavy atom. The number of allylic oxidation sites excluding steroid dienone is 2. The maximum Gasteiger partial charge on any atom is 0.155 e. The Labute approximate surface area is 161 Å². The molecule has 1 radical (unpaired) electrons. The van der Waals surface area contributed by atoms with Crippen LogP contribution in [-0.2, 0) is 24.9 Å². The van der Waals surface area contributed by atoms with E-state index in [9.17, 15) is 4.79 Å². The van der Waals surface area contributed by atoms with E-state index in [0.29, 0.717) is 0 Å². The zero-order valence-corrected chi connectivity index (χ0v) is 16.7. The molecule has 0 aliphatic heterocycles. The molecule has 0 amide bonds. The summed E-state index contributed by atoms with van der Waals surface area (Å²) in [5.74, 6) is 0.675. The molecule has 3 rings (SSSR count). The maximum atomic E-state index is 10.0. The monoisotopic (exact) mass is 512 g/mol. The first-order valence-corrected chi connectivity index (χ1v) is 7.55. The van der Waals surface area contributed by atoms with Crippen LogP contribution in [0.2, 0.25) is 0 Å². The van der Waals surface area contributed by atoms with Crippen LogP contribution in [0.1, 0.15) is 19.5 Å². The van der Waals surface area contributed by atoms with Crippen molar-refractivity contribution in [2.75, 3.05) is 0 Å². The third-order valence-corrected chi connectivity index (χ3v) is 3.16. The Morgan fingerprint density at radius 1 is 1.08 bits per heavy atom. The molecule has 131 valence electrons. The molecule has 1 aromatic heterocycles. The summed E-state index contributed by atoms with van der Waals surface area (Å²) in [6.45, 7) is 4.86. The molecule has 0 atom stereocenters. The fourth-order valence-corrected chi connectivity index (χ4v) is 2.18. The van der Waals surface area contributed by atoms with Crippen molar-refractivity contribution in [3.63, 3.8) is 0 Å². The summed E-state index contributed by atoms with van der Waals surface area (Å²) < 4.78 is 0. The molecule has 5 heteroatoms. The summed E-state index contributed by atoms with van der Waals surface area (Å²) in [6, 6.07) is 19.0. The molecule has 4 nitrogen and oxygen atoms in total. The first-order valence-electron chi connectivity index (χ1n) is 7.55. The normalized spacial score (nSPS) is 10.4. The minimum absolute atomic E-state index is 0. The van der Waals surface area contributed by atoms with Crippen LogP contribution >= 0.6 is 0 Å². The number of rotatable bonds is 2. The molecule has 0 saturated heterocycles. The molecule has 0 fully saturated rings. The molecule has 1 heterocycles. The largest absolute Gasteiger partial charge is 0.512 e. The zero-order chi connectivity index (χ0) is 17.5. The van der Waals surface area contributed by atoms with Gasteiger partial charge >= 0.3 is 0 Å². The van der Waals surface area contributed by atoms with E-state index in [1.807, 2.05) is 55.5 Å². The Bertz CT molecular complexity index is 873. The Balaban J connectivity index is 0.000000339. The number of aryl methyl sites for hydroxylation is 1. The summed E-state index contributed by atoms with van der Waals surface area (Å²) >= 11 is 0. The van der Waals surface area contributed by atoms with E-state index in [0.717, 1.165) is 28.0 Å². The topological polar surface area (TPSA) is 63.1 Å².